The van der Waals surface area contributed by atoms with Crippen LogP contribution in [0, 0.1) is 0 Å². The van der Waals surface area contributed by atoms with Gasteiger partial charge in [0.15, 0.2) is 5.78 Å². The SMILES string of the molecule is C[C@H](N)C(=O)c1ccccc1OP(=O)(O)O. The van der Waals surface area contributed by atoms with Crippen LogP contribution in [0.4, 0.5) is 0 Å². The normalized spacial score (nSPS) is 13.2. The second kappa shape index (κ2) is 4.76. The smallest absolute Gasteiger partial charge is 0.403 e. The number of nitrogens with two attached hydrogens (primary N) is 1. The molecule has 88 valence electrons. The molecule has 0 saturated heterocycles. The molecule has 1 aromatic rings. The maximum atomic E-state index is 11.6. The van der Waals surface area contributed by atoms with Gasteiger partial charge in [0.1, 0.15) is 5.75 Å². The molecule has 0 amide bonds. The zero-order valence-electron chi connectivity index (χ0n) is 8.53. The molecule has 1 rings (SSSR count). The van der Waals surface area contributed by atoms with Gasteiger partial charge in [-0.05, 0) is 19.1 Å². The van der Waals surface area contributed by atoms with Crippen LogP contribution in [0.2, 0.25) is 0 Å². The number of carbonyl (C=O) groups is 1. The highest BCUT2D eigenvalue weighted by atomic mass is 31.2. The summed E-state index contributed by atoms with van der Waals surface area (Å²) in [6, 6.07) is 5.00. The molecular weight excluding hydrogens is 233 g/mol. The van der Waals surface area contributed by atoms with Gasteiger partial charge in [0.05, 0.1) is 11.6 Å². The maximum absolute atomic E-state index is 11.6. The van der Waals surface area contributed by atoms with Crippen LogP contribution in [0.5, 0.6) is 5.75 Å². The Hall–Kier alpha value is -1.20. The van der Waals surface area contributed by atoms with Gasteiger partial charge in [-0.3, -0.25) is 14.6 Å². The fourth-order valence-corrected chi connectivity index (χ4v) is 1.54. The summed E-state index contributed by atoms with van der Waals surface area (Å²) in [6.45, 7) is 1.48. The van der Waals surface area contributed by atoms with Crippen molar-refractivity contribution < 1.29 is 23.7 Å². The standard InChI is InChI=1S/C9H12NO5P/c1-6(10)9(11)7-4-2-3-5-8(7)15-16(12,13)14/h2-6H,10H2,1H3,(H2,12,13,14)/t6-/m0/s1. The predicted octanol–water partition coefficient (Wildman–Crippen LogP) is 0.688. The molecule has 0 spiro atoms. The minimum absolute atomic E-state index is 0.0563. The van der Waals surface area contributed by atoms with E-state index in [2.05, 4.69) is 4.52 Å². The Balaban J connectivity index is 3.11. The van der Waals surface area contributed by atoms with E-state index in [0.29, 0.717) is 0 Å². The summed E-state index contributed by atoms with van der Waals surface area (Å²) < 4.78 is 15.1. The van der Waals surface area contributed by atoms with Crippen molar-refractivity contribution in [1.29, 1.82) is 0 Å². The molecule has 0 radical (unpaired) electrons. The molecule has 0 aliphatic carbocycles. The first-order valence-electron chi connectivity index (χ1n) is 4.45. The average Bonchev–Trinajstić information content (AvgIpc) is 2.15. The lowest BCUT2D eigenvalue weighted by molar-refractivity contribution is 0.0966. The molecule has 6 nitrogen and oxygen atoms in total. The van der Waals surface area contributed by atoms with E-state index in [-0.39, 0.29) is 11.3 Å². The fraction of sp³-hybridized carbons (Fsp3) is 0.222. The first-order valence-corrected chi connectivity index (χ1v) is 5.98. The minimum atomic E-state index is -4.68. The topological polar surface area (TPSA) is 110 Å². The lowest BCUT2D eigenvalue weighted by Crippen LogP contribution is -2.26. The van der Waals surface area contributed by atoms with Gasteiger partial charge < -0.3 is 10.3 Å². The lowest BCUT2D eigenvalue weighted by Gasteiger charge is -2.12. The summed E-state index contributed by atoms with van der Waals surface area (Å²) >= 11 is 0. The van der Waals surface area contributed by atoms with Crippen molar-refractivity contribution in [3.63, 3.8) is 0 Å². The van der Waals surface area contributed by atoms with Gasteiger partial charge in [0.2, 0.25) is 0 Å². The summed E-state index contributed by atoms with van der Waals surface area (Å²) in [5.41, 5.74) is 5.46. The van der Waals surface area contributed by atoms with E-state index in [4.69, 9.17) is 15.5 Å². The number of phosphoric acid groups is 1. The predicted molar refractivity (Wildman–Crippen MR) is 57.1 cm³/mol. The third-order valence-electron chi connectivity index (χ3n) is 1.78. The monoisotopic (exact) mass is 245 g/mol. The van der Waals surface area contributed by atoms with Crippen LogP contribution in [-0.4, -0.2) is 21.6 Å². The van der Waals surface area contributed by atoms with Gasteiger partial charge in [-0.1, -0.05) is 12.1 Å². The molecule has 0 unspecified atom stereocenters. The number of ketones is 1. The number of para-hydroxylation sites is 1. The second-order valence-corrected chi connectivity index (χ2v) is 4.39. The number of hydrogen-bond donors (Lipinski definition) is 3. The van der Waals surface area contributed by atoms with Gasteiger partial charge >= 0.3 is 7.82 Å². The van der Waals surface area contributed by atoms with E-state index >= 15 is 0 Å². The van der Waals surface area contributed by atoms with E-state index < -0.39 is 19.6 Å². The van der Waals surface area contributed by atoms with Crippen molar-refractivity contribution in [1.82, 2.24) is 0 Å². The second-order valence-electron chi connectivity index (χ2n) is 3.23. The van der Waals surface area contributed by atoms with Gasteiger partial charge in [0.25, 0.3) is 0 Å². The summed E-state index contributed by atoms with van der Waals surface area (Å²) in [7, 11) is -4.68. The minimum Gasteiger partial charge on any atom is -0.403 e. The first kappa shape index (κ1) is 12.9. The number of hydrogen-bond acceptors (Lipinski definition) is 4. The molecule has 16 heavy (non-hydrogen) atoms. The van der Waals surface area contributed by atoms with Gasteiger partial charge in [-0.2, -0.15) is 0 Å². The largest absolute Gasteiger partial charge is 0.524 e. The van der Waals surface area contributed by atoms with E-state index in [1.807, 2.05) is 0 Å². The Labute approximate surface area is 92.3 Å². The maximum Gasteiger partial charge on any atom is 0.524 e. The number of benzene rings is 1. The van der Waals surface area contributed by atoms with Crippen LogP contribution in [0.1, 0.15) is 17.3 Å². The van der Waals surface area contributed by atoms with E-state index in [0.717, 1.165) is 0 Å². The number of carbonyl (C=O) groups excluding carboxylic acids is 1. The first-order chi connectivity index (χ1) is 7.31. The van der Waals surface area contributed by atoms with Crippen molar-refractivity contribution in [2.45, 2.75) is 13.0 Å². The summed E-state index contributed by atoms with van der Waals surface area (Å²) in [5.74, 6) is -0.609. The van der Waals surface area contributed by atoms with Gasteiger partial charge in [0, 0.05) is 0 Å². The Kier molecular flexibility index (Phi) is 3.83. The molecule has 0 aliphatic rings. The molecule has 7 heteroatoms. The Morgan fingerprint density at radius 2 is 2.00 bits per heavy atom. The van der Waals surface area contributed by atoms with Crippen molar-refractivity contribution >= 4 is 13.6 Å². The molecule has 0 aliphatic heterocycles. The van der Waals surface area contributed by atoms with E-state index in [9.17, 15) is 9.36 Å². The molecule has 0 saturated carbocycles. The quantitative estimate of drug-likeness (QED) is 0.531. The molecule has 0 aromatic heterocycles. The fourth-order valence-electron chi connectivity index (χ4n) is 1.12. The summed E-state index contributed by atoms with van der Waals surface area (Å²) in [5, 5.41) is 0. The van der Waals surface area contributed by atoms with Crippen molar-refractivity contribution in [3.05, 3.63) is 29.8 Å². The molecule has 0 fully saturated rings. The van der Waals surface area contributed by atoms with Crippen LogP contribution in [-0.2, 0) is 4.57 Å². The molecular formula is C9H12NO5P. The van der Waals surface area contributed by atoms with Crippen molar-refractivity contribution in [3.8, 4) is 5.75 Å². The Morgan fingerprint density at radius 1 is 1.44 bits per heavy atom. The third-order valence-corrected chi connectivity index (χ3v) is 2.22. The molecule has 4 N–H and O–H groups in total. The number of phosphoric ester groups is 1. The van der Waals surface area contributed by atoms with Crippen LogP contribution >= 0.6 is 7.82 Å². The zero-order chi connectivity index (χ0) is 12.3. The third kappa shape index (κ3) is 3.43. The summed E-state index contributed by atoms with van der Waals surface area (Å²) in [6.07, 6.45) is 0. The molecule has 0 bridgehead atoms. The highest BCUT2D eigenvalue weighted by Crippen LogP contribution is 2.39. The van der Waals surface area contributed by atoms with Crippen molar-refractivity contribution in [2.75, 3.05) is 0 Å². The molecule has 1 atom stereocenters. The van der Waals surface area contributed by atoms with Crippen LogP contribution in [0.3, 0.4) is 0 Å². The van der Waals surface area contributed by atoms with Crippen LogP contribution in [0.15, 0.2) is 24.3 Å². The van der Waals surface area contributed by atoms with E-state index in [1.165, 1.54) is 25.1 Å². The van der Waals surface area contributed by atoms with Crippen LogP contribution < -0.4 is 10.3 Å². The molecule has 0 heterocycles. The van der Waals surface area contributed by atoms with Crippen LogP contribution in [0.25, 0.3) is 0 Å². The Bertz CT molecular complexity index is 439. The van der Waals surface area contributed by atoms with Gasteiger partial charge in [-0.25, -0.2) is 4.57 Å². The van der Waals surface area contributed by atoms with E-state index in [1.54, 1.807) is 6.07 Å². The Morgan fingerprint density at radius 3 is 2.50 bits per heavy atom. The highest BCUT2D eigenvalue weighted by Gasteiger charge is 2.22. The molecule has 1 aromatic carbocycles. The number of rotatable bonds is 4. The zero-order valence-corrected chi connectivity index (χ0v) is 9.42. The van der Waals surface area contributed by atoms with Crippen molar-refractivity contribution in [2.24, 2.45) is 5.73 Å². The lowest BCUT2D eigenvalue weighted by atomic mass is 10.1. The number of Topliss-reactive ketones (excluding diaryl/α,β-unsaturated/α-hetero) is 1. The van der Waals surface area contributed by atoms with Gasteiger partial charge in [-0.15, -0.1) is 0 Å². The average molecular weight is 245 g/mol. The highest BCUT2D eigenvalue weighted by molar-refractivity contribution is 7.46. The summed E-state index contributed by atoms with van der Waals surface area (Å²) in [4.78, 5) is 28.9.